The third-order valence-electron chi connectivity index (χ3n) is 1.51. The Balaban J connectivity index is 2.81. The van der Waals surface area contributed by atoms with E-state index in [0.29, 0.717) is 0 Å². The van der Waals surface area contributed by atoms with Crippen LogP contribution in [0.25, 0.3) is 0 Å². The molecule has 0 unspecified atom stereocenters. The molecule has 0 aliphatic rings. The highest BCUT2D eigenvalue weighted by atomic mass is 79.9. The molecule has 1 heterocycles. The number of aliphatic carboxylic acids is 1. The van der Waals surface area contributed by atoms with Crippen molar-refractivity contribution in [2.45, 2.75) is 6.54 Å². The number of allylic oxidation sites excluding steroid dienone is 1. The maximum atomic E-state index is 11.2. The normalized spacial score (nSPS) is 10.6. The molecule has 0 amide bonds. The van der Waals surface area contributed by atoms with Crippen molar-refractivity contribution in [1.29, 1.82) is 0 Å². The van der Waals surface area contributed by atoms with E-state index in [1.807, 2.05) is 0 Å². The van der Waals surface area contributed by atoms with Gasteiger partial charge in [-0.15, -0.1) is 0 Å². The molecule has 0 atom stereocenters. The van der Waals surface area contributed by atoms with Crippen molar-refractivity contribution in [1.82, 2.24) is 4.57 Å². The number of halogens is 1. The minimum absolute atomic E-state index is 0.164. The fraction of sp³-hybridized carbons (Fsp3) is 0.111. The van der Waals surface area contributed by atoms with Gasteiger partial charge in [0.25, 0.3) is 5.56 Å². The second-order valence-electron chi connectivity index (χ2n) is 2.58. The van der Waals surface area contributed by atoms with Crippen molar-refractivity contribution in [2.24, 2.45) is 0 Å². The van der Waals surface area contributed by atoms with Gasteiger partial charge in [0.1, 0.15) is 0 Å². The van der Waals surface area contributed by atoms with Gasteiger partial charge in [-0.2, -0.15) is 0 Å². The average Bonchev–Trinajstić information content (AvgIpc) is 2.10. The molecule has 0 aliphatic carbocycles. The van der Waals surface area contributed by atoms with Crippen molar-refractivity contribution in [3.05, 3.63) is 45.3 Å². The summed E-state index contributed by atoms with van der Waals surface area (Å²) >= 11 is 3.22. The molecule has 0 saturated heterocycles. The summed E-state index contributed by atoms with van der Waals surface area (Å²) in [7, 11) is 0. The zero-order valence-corrected chi connectivity index (χ0v) is 8.77. The van der Waals surface area contributed by atoms with Crippen LogP contribution in [-0.4, -0.2) is 15.6 Å². The summed E-state index contributed by atoms with van der Waals surface area (Å²) in [5.74, 6) is -1.02. The van der Waals surface area contributed by atoms with Gasteiger partial charge in [-0.05, 0) is 22.0 Å². The quantitative estimate of drug-likeness (QED) is 0.830. The standard InChI is InChI=1S/C9H8BrNO3/c10-7-3-4-8(12)11(6-7)5-1-2-9(13)14/h1-4,6H,5H2,(H,13,14). The van der Waals surface area contributed by atoms with Gasteiger partial charge in [0.2, 0.25) is 0 Å². The summed E-state index contributed by atoms with van der Waals surface area (Å²) < 4.78 is 2.18. The van der Waals surface area contributed by atoms with E-state index in [1.165, 1.54) is 16.7 Å². The molecule has 1 aromatic heterocycles. The summed E-state index contributed by atoms with van der Waals surface area (Å²) in [6, 6.07) is 3.05. The summed E-state index contributed by atoms with van der Waals surface area (Å²) in [5.41, 5.74) is -0.164. The van der Waals surface area contributed by atoms with Gasteiger partial charge in [0.05, 0.1) is 0 Å². The van der Waals surface area contributed by atoms with E-state index in [0.717, 1.165) is 10.5 Å². The molecular formula is C9H8BrNO3. The number of nitrogens with zero attached hydrogens (tertiary/aromatic N) is 1. The fourth-order valence-electron chi connectivity index (χ4n) is 0.912. The highest BCUT2D eigenvalue weighted by Gasteiger charge is 1.94. The monoisotopic (exact) mass is 257 g/mol. The van der Waals surface area contributed by atoms with E-state index in [1.54, 1.807) is 12.3 Å². The van der Waals surface area contributed by atoms with E-state index in [9.17, 15) is 9.59 Å². The number of carbonyl (C=O) groups is 1. The van der Waals surface area contributed by atoms with Crippen LogP contribution in [0.5, 0.6) is 0 Å². The Kier molecular flexibility index (Phi) is 3.64. The fourth-order valence-corrected chi connectivity index (χ4v) is 1.29. The highest BCUT2D eigenvalue weighted by Crippen LogP contribution is 2.04. The number of hydrogen-bond donors (Lipinski definition) is 1. The third kappa shape index (κ3) is 3.18. The molecule has 14 heavy (non-hydrogen) atoms. The van der Waals surface area contributed by atoms with E-state index >= 15 is 0 Å². The molecule has 0 bridgehead atoms. The van der Waals surface area contributed by atoms with Crippen LogP contribution in [0.4, 0.5) is 0 Å². The summed E-state index contributed by atoms with van der Waals surface area (Å²) in [6.45, 7) is 0.255. The number of aromatic nitrogens is 1. The first-order valence-corrected chi connectivity index (χ1v) is 4.64. The van der Waals surface area contributed by atoms with Gasteiger partial charge >= 0.3 is 5.97 Å². The molecule has 0 spiro atoms. The van der Waals surface area contributed by atoms with E-state index in [2.05, 4.69) is 15.9 Å². The van der Waals surface area contributed by atoms with Crippen LogP contribution >= 0.6 is 15.9 Å². The molecular weight excluding hydrogens is 250 g/mol. The lowest BCUT2D eigenvalue weighted by Gasteiger charge is -2.00. The van der Waals surface area contributed by atoms with Gasteiger partial charge in [-0.3, -0.25) is 4.79 Å². The number of hydrogen-bond acceptors (Lipinski definition) is 2. The molecule has 0 fully saturated rings. The lowest BCUT2D eigenvalue weighted by atomic mass is 10.4. The van der Waals surface area contributed by atoms with Gasteiger partial charge < -0.3 is 9.67 Å². The van der Waals surface area contributed by atoms with Crippen molar-refractivity contribution in [3.63, 3.8) is 0 Å². The number of pyridine rings is 1. The van der Waals surface area contributed by atoms with Gasteiger partial charge in [0.15, 0.2) is 0 Å². The first-order chi connectivity index (χ1) is 6.59. The highest BCUT2D eigenvalue weighted by molar-refractivity contribution is 9.10. The molecule has 0 aliphatic heterocycles. The summed E-state index contributed by atoms with van der Waals surface area (Å²) in [4.78, 5) is 21.4. The van der Waals surface area contributed by atoms with Crippen molar-refractivity contribution >= 4 is 21.9 Å². The molecule has 1 aromatic rings. The first-order valence-electron chi connectivity index (χ1n) is 3.85. The zero-order chi connectivity index (χ0) is 10.6. The summed E-state index contributed by atoms with van der Waals surface area (Å²) in [5, 5.41) is 8.33. The predicted octanol–water partition coefficient (Wildman–Crippen LogP) is 1.25. The summed E-state index contributed by atoms with van der Waals surface area (Å²) in [6.07, 6.45) is 4.03. The minimum atomic E-state index is -1.02. The maximum Gasteiger partial charge on any atom is 0.328 e. The van der Waals surface area contributed by atoms with Crippen LogP contribution in [0.2, 0.25) is 0 Å². The molecule has 5 heteroatoms. The lowest BCUT2D eigenvalue weighted by Crippen LogP contribution is -2.17. The minimum Gasteiger partial charge on any atom is -0.478 e. The molecule has 74 valence electrons. The average molecular weight is 258 g/mol. The lowest BCUT2D eigenvalue weighted by molar-refractivity contribution is -0.131. The Labute approximate surface area is 88.6 Å². The van der Waals surface area contributed by atoms with Crippen LogP contribution in [0, 0.1) is 0 Å². The molecule has 4 nitrogen and oxygen atoms in total. The molecule has 1 N–H and O–H groups in total. The Morgan fingerprint density at radius 2 is 2.29 bits per heavy atom. The Morgan fingerprint density at radius 3 is 2.93 bits per heavy atom. The Morgan fingerprint density at radius 1 is 1.57 bits per heavy atom. The van der Waals surface area contributed by atoms with E-state index < -0.39 is 5.97 Å². The van der Waals surface area contributed by atoms with Crippen LogP contribution in [0.1, 0.15) is 0 Å². The van der Waals surface area contributed by atoms with Crippen molar-refractivity contribution in [3.8, 4) is 0 Å². The van der Waals surface area contributed by atoms with Gasteiger partial charge in [0, 0.05) is 29.4 Å². The smallest absolute Gasteiger partial charge is 0.328 e. The predicted molar refractivity (Wildman–Crippen MR) is 55.2 cm³/mol. The molecule has 0 radical (unpaired) electrons. The van der Waals surface area contributed by atoms with Crippen LogP contribution in [0.3, 0.4) is 0 Å². The molecule has 0 saturated carbocycles. The van der Waals surface area contributed by atoms with E-state index in [4.69, 9.17) is 5.11 Å². The molecule has 1 rings (SSSR count). The van der Waals surface area contributed by atoms with Crippen molar-refractivity contribution in [2.75, 3.05) is 0 Å². The topological polar surface area (TPSA) is 59.3 Å². The largest absolute Gasteiger partial charge is 0.478 e. The second-order valence-corrected chi connectivity index (χ2v) is 3.49. The van der Waals surface area contributed by atoms with Crippen molar-refractivity contribution < 1.29 is 9.90 Å². The Hall–Kier alpha value is -1.36. The zero-order valence-electron chi connectivity index (χ0n) is 7.18. The number of carboxylic acids is 1. The van der Waals surface area contributed by atoms with Gasteiger partial charge in [-0.1, -0.05) is 6.08 Å². The first kappa shape index (κ1) is 10.7. The number of carboxylic acid groups (broad SMARTS) is 1. The number of rotatable bonds is 3. The second kappa shape index (κ2) is 4.76. The van der Waals surface area contributed by atoms with Crippen LogP contribution < -0.4 is 5.56 Å². The van der Waals surface area contributed by atoms with Gasteiger partial charge in [-0.25, -0.2) is 4.79 Å². The van der Waals surface area contributed by atoms with Crippen LogP contribution in [0.15, 0.2) is 39.7 Å². The van der Waals surface area contributed by atoms with E-state index in [-0.39, 0.29) is 12.1 Å². The maximum absolute atomic E-state index is 11.2. The third-order valence-corrected chi connectivity index (χ3v) is 1.98. The Bertz CT molecular complexity index is 422. The SMILES string of the molecule is O=C(O)C=CCn1cc(Br)ccc1=O. The van der Waals surface area contributed by atoms with Crippen LogP contribution in [-0.2, 0) is 11.3 Å². The molecule has 0 aromatic carbocycles.